The molecule has 0 unspecified atom stereocenters. The van der Waals surface area contributed by atoms with Gasteiger partial charge >= 0.3 is 0 Å². The van der Waals surface area contributed by atoms with Crippen LogP contribution in [0.2, 0.25) is 0 Å². The van der Waals surface area contributed by atoms with Crippen molar-refractivity contribution >= 4 is 22.6 Å². The highest BCUT2D eigenvalue weighted by Crippen LogP contribution is 2.27. The molecule has 7 heteroatoms. The molecular formula is C26H27N5O2. The molecule has 5 rings (SSSR count). The Bertz CT molecular complexity index is 1260. The molecule has 1 fully saturated rings. The van der Waals surface area contributed by atoms with E-state index in [1.807, 2.05) is 35.0 Å². The summed E-state index contributed by atoms with van der Waals surface area (Å²) in [7, 11) is 1.57. The molecule has 2 aromatic heterocycles. The summed E-state index contributed by atoms with van der Waals surface area (Å²) < 4.78 is 7.27. The van der Waals surface area contributed by atoms with E-state index in [9.17, 15) is 4.79 Å². The molecule has 3 heterocycles. The molecule has 0 saturated carbocycles. The number of aromatic nitrogens is 3. The van der Waals surface area contributed by atoms with Crippen LogP contribution in [0.15, 0.2) is 72.9 Å². The van der Waals surface area contributed by atoms with Gasteiger partial charge in [-0.1, -0.05) is 36.4 Å². The minimum absolute atomic E-state index is 0.200. The number of carbonyl (C=O) groups excluding carboxylic acids is 1. The minimum Gasteiger partial charge on any atom is -0.496 e. The van der Waals surface area contributed by atoms with Crippen molar-refractivity contribution in [3.8, 4) is 5.75 Å². The number of rotatable bonds is 6. The predicted molar refractivity (Wildman–Crippen MR) is 128 cm³/mol. The standard InChI is InChI=1S/C26H27N5O2/c1-33-24-9-5-3-7-22(24)26(32)29-25-12-15-27-31(25)21-13-16-30(17-14-21)18-20-11-10-19-6-2-4-8-23(19)28-20/h2-12,15,21H,13-14,16-18H2,1H3,(H,29,32). The number of carbonyl (C=O) groups is 1. The summed E-state index contributed by atoms with van der Waals surface area (Å²) in [4.78, 5) is 20.1. The number of benzene rings is 2. The summed E-state index contributed by atoms with van der Waals surface area (Å²) >= 11 is 0. The lowest BCUT2D eigenvalue weighted by Gasteiger charge is -2.32. The largest absolute Gasteiger partial charge is 0.496 e. The molecule has 1 aliphatic rings. The second-order valence-corrected chi connectivity index (χ2v) is 8.32. The molecule has 33 heavy (non-hydrogen) atoms. The monoisotopic (exact) mass is 441 g/mol. The zero-order chi connectivity index (χ0) is 22.6. The van der Waals surface area contributed by atoms with Crippen molar-refractivity contribution in [2.45, 2.75) is 25.4 Å². The van der Waals surface area contributed by atoms with E-state index in [4.69, 9.17) is 9.72 Å². The van der Waals surface area contributed by atoms with Crippen LogP contribution >= 0.6 is 0 Å². The minimum atomic E-state index is -0.200. The molecular weight excluding hydrogens is 414 g/mol. The van der Waals surface area contributed by atoms with Crippen molar-refractivity contribution in [1.29, 1.82) is 0 Å². The lowest BCUT2D eigenvalue weighted by Crippen LogP contribution is -2.35. The zero-order valence-corrected chi connectivity index (χ0v) is 18.6. The van der Waals surface area contributed by atoms with E-state index in [-0.39, 0.29) is 11.9 Å². The first-order chi connectivity index (χ1) is 16.2. The van der Waals surface area contributed by atoms with Crippen molar-refractivity contribution in [2.75, 3.05) is 25.5 Å². The molecule has 0 spiro atoms. The number of nitrogens with one attached hydrogen (secondary N) is 1. The third kappa shape index (κ3) is 4.59. The highest BCUT2D eigenvalue weighted by Gasteiger charge is 2.24. The van der Waals surface area contributed by atoms with Crippen LogP contribution in [0.5, 0.6) is 5.75 Å². The predicted octanol–water partition coefficient (Wildman–Crippen LogP) is 4.53. The molecule has 0 bridgehead atoms. The molecule has 168 valence electrons. The zero-order valence-electron chi connectivity index (χ0n) is 18.6. The van der Waals surface area contributed by atoms with Crippen LogP contribution in [0.1, 0.15) is 34.9 Å². The number of anilines is 1. The normalized spacial score (nSPS) is 14.9. The van der Waals surface area contributed by atoms with Crippen LogP contribution in [0.3, 0.4) is 0 Å². The first-order valence-corrected chi connectivity index (χ1v) is 11.3. The Morgan fingerprint density at radius 1 is 1.03 bits per heavy atom. The molecule has 2 aromatic carbocycles. The SMILES string of the molecule is COc1ccccc1C(=O)Nc1ccnn1C1CCN(Cc2ccc3ccccc3n2)CC1. The average Bonchev–Trinajstić information content (AvgIpc) is 3.32. The van der Waals surface area contributed by atoms with Crippen LogP contribution in [0.25, 0.3) is 10.9 Å². The first-order valence-electron chi connectivity index (χ1n) is 11.3. The smallest absolute Gasteiger partial charge is 0.260 e. The Kier molecular flexibility index (Phi) is 6.04. The van der Waals surface area contributed by atoms with Gasteiger partial charge in [-0.05, 0) is 37.1 Å². The maximum atomic E-state index is 12.8. The number of ether oxygens (including phenoxy) is 1. The molecule has 0 atom stereocenters. The second kappa shape index (κ2) is 9.42. The van der Waals surface area contributed by atoms with E-state index in [0.29, 0.717) is 17.1 Å². The van der Waals surface area contributed by atoms with Gasteiger partial charge in [-0.3, -0.25) is 14.7 Å². The van der Waals surface area contributed by atoms with Crippen LogP contribution in [-0.4, -0.2) is 45.8 Å². The van der Waals surface area contributed by atoms with Crippen molar-refractivity contribution < 1.29 is 9.53 Å². The summed E-state index contributed by atoms with van der Waals surface area (Å²) in [5, 5.41) is 8.68. The number of piperidine rings is 1. The third-order valence-electron chi connectivity index (χ3n) is 6.21. The first kappa shape index (κ1) is 21.2. The van der Waals surface area contributed by atoms with Crippen LogP contribution in [0.4, 0.5) is 5.82 Å². The number of likely N-dealkylation sites (tertiary alicyclic amines) is 1. The second-order valence-electron chi connectivity index (χ2n) is 8.32. The Labute approximate surface area is 193 Å². The lowest BCUT2D eigenvalue weighted by atomic mass is 10.0. The number of nitrogens with zero attached hydrogens (tertiary/aromatic N) is 4. The van der Waals surface area contributed by atoms with Gasteiger partial charge in [0.25, 0.3) is 5.91 Å². The van der Waals surface area contributed by atoms with Gasteiger partial charge in [0.05, 0.1) is 36.1 Å². The number of amides is 1. The summed E-state index contributed by atoms with van der Waals surface area (Å²) in [5.41, 5.74) is 2.64. The van der Waals surface area contributed by atoms with Gasteiger partial charge in [0, 0.05) is 31.1 Å². The highest BCUT2D eigenvalue weighted by atomic mass is 16.5. The van der Waals surface area contributed by atoms with Crippen LogP contribution in [0, 0.1) is 0 Å². The van der Waals surface area contributed by atoms with E-state index in [0.717, 1.165) is 43.7 Å². The molecule has 7 nitrogen and oxygen atoms in total. The van der Waals surface area contributed by atoms with Gasteiger partial charge in [0.1, 0.15) is 11.6 Å². The molecule has 0 radical (unpaired) electrons. The lowest BCUT2D eigenvalue weighted by molar-refractivity contribution is 0.102. The molecule has 1 aliphatic heterocycles. The van der Waals surface area contributed by atoms with E-state index in [2.05, 4.69) is 39.6 Å². The van der Waals surface area contributed by atoms with Gasteiger partial charge in [-0.25, -0.2) is 4.68 Å². The number of methoxy groups -OCH3 is 1. The molecule has 1 N–H and O–H groups in total. The van der Waals surface area contributed by atoms with Crippen molar-refractivity contribution in [1.82, 2.24) is 19.7 Å². The van der Waals surface area contributed by atoms with Crippen LogP contribution < -0.4 is 10.1 Å². The number of para-hydroxylation sites is 2. The van der Waals surface area contributed by atoms with Gasteiger partial charge in [-0.2, -0.15) is 5.10 Å². The topological polar surface area (TPSA) is 72.3 Å². The fraction of sp³-hybridized carbons (Fsp3) is 0.269. The van der Waals surface area contributed by atoms with Gasteiger partial charge in [0.15, 0.2) is 0 Å². The quantitative estimate of drug-likeness (QED) is 0.476. The Hall–Kier alpha value is -3.71. The summed E-state index contributed by atoms with van der Waals surface area (Å²) in [6.07, 6.45) is 3.67. The molecule has 0 aliphatic carbocycles. The van der Waals surface area contributed by atoms with Crippen molar-refractivity contribution in [2.24, 2.45) is 0 Å². The maximum Gasteiger partial charge on any atom is 0.260 e. The average molecular weight is 442 g/mol. The number of fused-ring (bicyclic) bond motifs is 1. The number of hydrogen-bond donors (Lipinski definition) is 1. The molecule has 1 saturated heterocycles. The summed E-state index contributed by atoms with van der Waals surface area (Å²) in [6.45, 7) is 2.76. The van der Waals surface area contributed by atoms with Gasteiger partial charge < -0.3 is 10.1 Å². The Morgan fingerprint density at radius 2 is 1.82 bits per heavy atom. The maximum absolute atomic E-state index is 12.8. The molecule has 1 amide bonds. The fourth-order valence-electron chi connectivity index (χ4n) is 4.47. The summed E-state index contributed by atoms with van der Waals surface area (Å²) in [6, 6.07) is 21.8. The van der Waals surface area contributed by atoms with E-state index >= 15 is 0 Å². The number of hydrogen-bond acceptors (Lipinski definition) is 5. The van der Waals surface area contributed by atoms with Crippen LogP contribution in [-0.2, 0) is 6.54 Å². The highest BCUT2D eigenvalue weighted by molar-refractivity contribution is 6.05. The van der Waals surface area contributed by atoms with Gasteiger partial charge in [-0.15, -0.1) is 0 Å². The number of pyridine rings is 1. The van der Waals surface area contributed by atoms with E-state index < -0.39 is 0 Å². The Morgan fingerprint density at radius 3 is 2.67 bits per heavy atom. The molecule has 4 aromatic rings. The fourth-order valence-corrected chi connectivity index (χ4v) is 4.47. The Balaban J connectivity index is 1.22. The summed E-state index contributed by atoms with van der Waals surface area (Å²) in [5.74, 6) is 1.06. The van der Waals surface area contributed by atoms with Gasteiger partial charge in [0.2, 0.25) is 0 Å². The van der Waals surface area contributed by atoms with Crippen molar-refractivity contribution in [3.05, 3.63) is 84.2 Å². The van der Waals surface area contributed by atoms with Crippen molar-refractivity contribution in [3.63, 3.8) is 0 Å². The van der Waals surface area contributed by atoms with E-state index in [1.54, 1.807) is 25.4 Å². The van der Waals surface area contributed by atoms with E-state index in [1.165, 1.54) is 5.39 Å². The third-order valence-corrected chi connectivity index (χ3v) is 6.21.